The highest BCUT2D eigenvalue weighted by Crippen LogP contribution is 2.24. The molecule has 0 aromatic carbocycles. The molecular formula is C16H18N2O. The molecule has 2 aromatic rings. The largest absolute Gasteiger partial charge is 0.294 e. The summed E-state index contributed by atoms with van der Waals surface area (Å²) in [4.78, 5) is 20.0. The zero-order valence-electron chi connectivity index (χ0n) is 11.8. The van der Waals surface area contributed by atoms with Crippen LogP contribution in [0.2, 0.25) is 0 Å². The van der Waals surface area contributed by atoms with Gasteiger partial charge in [-0.25, -0.2) is 0 Å². The van der Waals surface area contributed by atoms with Gasteiger partial charge in [-0.05, 0) is 19.1 Å². The molecule has 3 nitrogen and oxygen atoms in total. The molecule has 2 rings (SSSR count). The molecule has 0 aliphatic heterocycles. The van der Waals surface area contributed by atoms with Crippen LogP contribution >= 0.6 is 0 Å². The summed E-state index contributed by atoms with van der Waals surface area (Å²) < 4.78 is 0. The zero-order chi connectivity index (χ0) is 14.0. The molecule has 0 saturated carbocycles. The van der Waals surface area contributed by atoms with Crippen LogP contribution in [-0.2, 0) is 5.41 Å². The number of ketones is 1. The fourth-order valence-corrected chi connectivity index (χ4v) is 1.80. The lowest BCUT2D eigenvalue weighted by Gasteiger charge is -2.17. The average molecular weight is 254 g/mol. The van der Waals surface area contributed by atoms with E-state index in [2.05, 4.69) is 30.7 Å². The number of hydrogen-bond acceptors (Lipinski definition) is 3. The van der Waals surface area contributed by atoms with E-state index in [9.17, 15) is 4.79 Å². The maximum absolute atomic E-state index is 11.4. The molecule has 98 valence electrons. The van der Waals surface area contributed by atoms with Crippen LogP contribution in [0.5, 0.6) is 0 Å². The molecular weight excluding hydrogens is 236 g/mol. The van der Waals surface area contributed by atoms with Gasteiger partial charge in [0, 0.05) is 46.4 Å². The van der Waals surface area contributed by atoms with Crippen molar-refractivity contribution in [2.75, 3.05) is 0 Å². The molecule has 0 N–H and O–H groups in total. The molecule has 0 radical (unpaired) electrons. The Morgan fingerprint density at radius 3 is 2.32 bits per heavy atom. The highest BCUT2D eigenvalue weighted by atomic mass is 16.1. The SMILES string of the molecule is CC(=O)c1cncc(-c2ccc(C(C)(C)C)nc2)c1. The van der Waals surface area contributed by atoms with E-state index in [0.29, 0.717) is 5.56 Å². The third-order valence-electron chi connectivity index (χ3n) is 3.01. The van der Waals surface area contributed by atoms with E-state index in [1.165, 1.54) is 0 Å². The summed E-state index contributed by atoms with van der Waals surface area (Å²) in [6.07, 6.45) is 5.17. The van der Waals surface area contributed by atoms with E-state index in [1.54, 1.807) is 19.3 Å². The molecule has 2 heterocycles. The number of pyridine rings is 2. The van der Waals surface area contributed by atoms with Crippen molar-refractivity contribution in [3.63, 3.8) is 0 Å². The van der Waals surface area contributed by atoms with Gasteiger partial charge in [0.2, 0.25) is 0 Å². The lowest BCUT2D eigenvalue weighted by atomic mass is 9.91. The molecule has 3 heteroatoms. The highest BCUT2D eigenvalue weighted by Gasteiger charge is 2.15. The van der Waals surface area contributed by atoms with E-state index < -0.39 is 0 Å². The van der Waals surface area contributed by atoms with E-state index in [4.69, 9.17) is 0 Å². The minimum Gasteiger partial charge on any atom is -0.294 e. The second-order valence-electron chi connectivity index (χ2n) is 5.70. The van der Waals surface area contributed by atoms with Gasteiger partial charge in [-0.15, -0.1) is 0 Å². The van der Waals surface area contributed by atoms with Crippen LogP contribution in [0.25, 0.3) is 11.1 Å². The number of aromatic nitrogens is 2. The van der Waals surface area contributed by atoms with Crippen LogP contribution in [-0.4, -0.2) is 15.8 Å². The van der Waals surface area contributed by atoms with Gasteiger partial charge < -0.3 is 0 Å². The van der Waals surface area contributed by atoms with Crippen molar-refractivity contribution in [1.82, 2.24) is 9.97 Å². The number of rotatable bonds is 2. The van der Waals surface area contributed by atoms with Crippen LogP contribution in [0.15, 0.2) is 36.8 Å². The van der Waals surface area contributed by atoms with Gasteiger partial charge in [-0.3, -0.25) is 14.8 Å². The lowest BCUT2D eigenvalue weighted by Crippen LogP contribution is -2.12. The summed E-state index contributed by atoms with van der Waals surface area (Å²) in [5.74, 6) is 0.0219. The quantitative estimate of drug-likeness (QED) is 0.768. The normalized spacial score (nSPS) is 11.4. The first-order valence-corrected chi connectivity index (χ1v) is 6.31. The first-order chi connectivity index (χ1) is 8.88. The monoisotopic (exact) mass is 254 g/mol. The van der Waals surface area contributed by atoms with Gasteiger partial charge in [0.05, 0.1) is 0 Å². The first kappa shape index (κ1) is 13.4. The Hall–Kier alpha value is -2.03. The van der Waals surface area contributed by atoms with Crippen molar-refractivity contribution < 1.29 is 4.79 Å². The number of nitrogens with zero attached hydrogens (tertiary/aromatic N) is 2. The molecule has 0 fully saturated rings. The Bertz CT molecular complexity index is 595. The van der Waals surface area contributed by atoms with Crippen LogP contribution in [0.3, 0.4) is 0 Å². The molecule has 0 atom stereocenters. The molecule has 0 aliphatic rings. The molecule has 2 aromatic heterocycles. The lowest BCUT2D eigenvalue weighted by molar-refractivity contribution is 0.101. The molecule has 0 saturated heterocycles. The van der Waals surface area contributed by atoms with Crippen LogP contribution in [0.4, 0.5) is 0 Å². The topological polar surface area (TPSA) is 42.9 Å². The number of Topliss-reactive ketones (excluding diaryl/α,β-unsaturated/α-hetero) is 1. The summed E-state index contributed by atoms with van der Waals surface area (Å²) in [5.41, 5.74) is 3.60. The maximum atomic E-state index is 11.4. The molecule has 19 heavy (non-hydrogen) atoms. The van der Waals surface area contributed by atoms with Crippen LogP contribution in [0.1, 0.15) is 43.7 Å². The predicted molar refractivity (Wildman–Crippen MR) is 76.2 cm³/mol. The third kappa shape index (κ3) is 3.05. The molecule has 0 unspecified atom stereocenters. The van der Waals surface area contributed by atoms with Crippen molar-refractivity contribution >= 4 is 5.78 Å². The Kier molecular flexibility index (Phi) is 3.47. The summed E-state index contributed by atoms with van der Waals surface area (Å²) >= 11 is 0. The second-order valence-corrected chi connectivity index (χ2v) is 5.70. The Morgan fingerprint density at radius 1 is 1.05 bits per heavy atom. The number of carbonyl (C=O) groups is 1. The van der Waals surface area contributed by atoms with E-state index in [-0.39, 0.29) is 11.2 Å². The Balaban J connectivity index is 2.37. The molecule has 0 spiro atoms. The smallest absolute Gasteiger partial charge is 0.161 e. The van der Waals surface area contributed by atoms with Gasteiger partial charge >= 0.3 is 0 Å². The van der Waals surface area contributed by atoms with E-state index >= 15 is 0 Å². The second kappa shape index (κ2) is 4.92. The van der Waals surface area contributed by atoms with Crippen molar-refractivity contribution in [1.29, 1.82) is 0 Å². The fourth-order valence-electron chi connectivity index (χ4n) is 1.80. The van der Waals surface area contributed by atoms with Crippen molar-refractivity contribution in [3.05, 3.63) is 48.0 Å². The maximum Gasteiger partial charge on any atom is 0.161 e. The number of carbonyl (C=O) groups excluding carboxylic acids is 1. The van der Waals surface area contributed by atoms with Gasteiger partial charge in [0.1, 0.15) is 0 Å². The van der Waals surface area contributed by atoms with E-state index in [1.807, 2.05) is 24.4 Å². The number of hydrogen-bond donors (Lipinski definition) is 0. The molecule has 0 aliphatic carbocycles. The van der Waals surface area contributed by atoms with Crippen molar-refractivity contribution in [2.45, 2.75) is 33.1 Å². The van der Waals surface area contributed by atoms with Crippen LogP contribution < -0.4 is 0 Å². The standard InChI is InChI=1S/C16H18N2O/c1-11(19)13-7-14(9-17-8-13)12-5-6-15(18-10-12)16(2,3)4/h5-10H,1-4H3. The van der Waals surface area contributed by atoms with Gasteiger partial charge in [-0.1, -0.05) is 26.8 Å². The predicted octanol–water partition coefficient (Wildman–Crippen LogP) is 3.64. The molecule has 0 amide bonds. The fraction of sp³-hybridized carbons (Fsp3) is 0.312. The first-order valence-electron chi connectivity index (χ1n) is 6.31. The van der Waals surface area contributed by atoms with Crippen molar-refractivity contribution in [3.8, 4) is 11.1 Å². The van der Waals surface area contributed by atoms with Crippen molar-refractivity contribution in [2.24, 2.45) is 0 Å². The summed E-state index contributed by atoms with van der Waals surface area (Å²) in [5, 5.41) is 0. The Morgan fingerprint density at radius 2 is 1.79 bits per heavy atom. The third-order valence-corrected chi connectivity index (χ3v) is 3.01. The van der Waals surface area contributed by atoms with Gasteiger partial charge in [0.15, 0.2) is 5.78 Å². The minimum absolute atomic E-state index is 0.0219. The minimum atomic E-state index is 0.0219. The average Bonchev–Trinajstić information content (AvgIpc) is 2.38. The molecule has 0 bridgehead atoms. The highest BCUT2D eigenvalue weighted by molar-refractivity contribution is 5.94. The summed E-state index contributed by atoms with van der Waals surface area (Å²) in [6, 6.07) is 5.90. The Labute approximate surface area is 113 Å². The van der Waals surface area contributed by atoms with E-state index in [0.717, 1.165) is 16.8 Å². The van der Waals surface area contributed by atoms with Gasteiger partial charge in [-0.2, -0.15) is 0 Å². The van der Waals surface area contributed by atoms with Crippen LogP contribution in [0, 0.1) is 0 Å². The summed E-state index contributed by atoms with van der Waals surface area (Å²) in [7, 11) is 0. The summed E-state index contributed by atoms with van der Waals surface area (Å²) in [6.45, 7) is 7.94. The zero-order valence-corrected chi connectivity index (χ0v) is 11.8. The van der Waals surface area contributed by atoms with Gasteiger partial charge in [0.25, 0.3) is 0 Å².